The van der Waals surface area contributed by atoms with Gasteiger partial charge in [-0.3, -0.25) is 0 Å². The lowest BCUT2D eigenvalue weighted by atomic mass is 9.91. The second kappa shape index (κ2) is 25.6. The van der Waals surface area contributed by atoms with Crippen LogP contribution in [-0.4, -0.2) is 0 Å². The van der Waals surface area contributed by atoms with Crippen molar-refractivity contribution in [2.45, 2.75) is 173 Å². The van der Waals surface area contributed by atoms with Crippen LogP contribution in [0.5, 0.6) is 0 Å². The average molecular weight is 885 g/mol. The molecule has 4 aromatic carbocycles. The minimum absolute atomic E-state index is 0.495. The molecule has 356 valence electrons. The molecule has 0 saturated heterocycles. The number of benzene rings is 4. The zero-order valence-corrected chi connectivity index (χ0v) is 46.9. The molecule has 0 N–H and O–H groups in total. The van der Waals surface area contributed by atoms with Crippen molar-refractivity contribution in [2.75, 3.05) is 0 Å². The van der Waals surface area contributed by atoms with Crippen LogP contribution in [-0.2, 0) is 0 Å². The van der Waals surface area contributed by atoms with Crippen molar-refractivity contribution >= 4 is 23.3 Å². The first kappa shape index (κ1) is 58.8. The zero-order chi connectivity index (χ0) is 51.4. The maximum atomic E-state index is 4.42. The van der Waals surface area contributed by atoms with Crippen LogP contribution in [0.1, 0.15) is 173 Å². The molecule has 0 fully saturated rings. The summed E-state index contributed by atoms with van der Waals surface area (Å²) in [6.45, 7) is 72.3. The molecule has 0 heteroatoms. The smallest absolute Gasteiger partial charge is 0.00297 e. The normalized spacial score (nSPS) is 11.9. The first-order valence-electron chi connectivity index (χ1n) is 24.0. The lowest BCUT2D eigenvalue weighted by Gasteiger charge is -2.15. The van der Waals surface area contributed by atoms with E-state index in [9.17, 15) is 0 Å². The Hall–Kier alpha value is -5.20. The minimum Gasteiger partial charge on any atom is -0.0995 e. The minimum atomic E-state index is 0.495. The van der Waals surface area contributed by atoms with Crippen LogP contribution in [0.3, 0.4) is 0 Å². The molecule has 4 rings (SSSR count). The molecule has 0 aliphatic rings. The van der Waals surface area contributed by atoms with Gasteiger partial charge >= 0.3 is 0 Å². The highest BCUT2D eigenvalue weighted by Crippen LogP contribution is 2.30. The van der Waals surface area contributed by atoms with Crippen molar-refractivity contribution in [3.8, 4) is 0 Å². The second-order valence-electron chi connectivity index (χ2n) is 19.6. The van der Waals surface area contributed by atoms with Crippen molar-refractivity contribution in [1.82, 2.24) is 0 Å². The van der Waals surface area contributed by atoms with E-state index in [2.05, 4.69) is 235 Å². The zero-order valence-electron chi connectivity index (χ0n) is 46.9. The van der Waals surface area contributed by atoms with Crippen LogP contribution in [0.4, 0.5) is 0 Å². The Morgan fingerprint density at radius 3 is 1.12 bits per heavy atom. The molecule has 0 aromatic heterocycles. The van der Waals surface area contributed by atoms with Gasteiger partial charge < -0.3 is 0 Å². The highest BCUT2D eigenvalue weighted by atomic mass is 14.2. The molecule has 0 radical (unpaired) electrons. The van der Waals surface area contributed by atoms with E-state index in [0.717, 1.165) is 23.1 Å². The molecular formula is C66H92. The Labute approximate surface area is 407 Å². The van der Waals surface area contributed by atoms with Gasteiger partial charge in [0.2, 0.25) is 0 Å². The Morgan fingerprint density at radius 1 is 0.455 bits per heavy atom. The molecule has 0 aliphatic heterocycles. The lowest BCUT2D eigenvalue weighted by molar-refractivity contribution is 0.768. The van der Waals surface area contributed by atoms with E-state index in [1.54, 1.807) is 0 Å². The van der Waals surface area contributed by atoms with E-state index < -0.39 is 0 Å². The van der Waals surface area contributed by atoms with Gasteiger partial charge in [0.05, 0.1) is 0 Å². The van der Waals surface area contributed by atoms with E-state index in [0.29, 0.717) is 5.92 Å². The number of hydrogen-bond donors (Lipinski definition) is 0. The highest BCUT2D eigenvalue weighted by Gasteiger charge is 2.11. The Balaban J connectivity index is 0.000000510. The summed E-state index contributed by atoms with van der Waals surface area (Å²) in [5.41, 5.74) is 36.9. The standard InChI is InChI=1S/C31H40.2C13H18.C9H16/c1-18(13-14-30-15-19(2)24(7)26(9)28(30)11)22(5)23(6)20(3)16-31-17-21(4)25(8)27(10)29(31)12;2*1-8(2)13-7-9(3)10(4)11(5)12(13)6;1-6-8(4)9(5)7(2)3/h13-17H,6H2,1-5,7-12H3;2*7H,1H2,2-6H3;9H,2,4,6H2,1,3,5H3/b14-13+,20-16+,22-18?;;;. The van der Waals surface area contributed by atoms with E-state index >= 15 is 0 Å². The van der Waals surface area contributed by atoms with Crippen LogP contribution < -0.4 is 0 Å². The molecule has 1 atom stereocenters. The van der Waals surface area contributed by atoms with Gasteiger partial charge in [-0.2, -0.15) is 0 Å². The topological polar surface area (TPSA) is 0 Å². The second-order valence-corrected chi connectivity index (χ2v) is 19.6. The molecular weight excluding hydrogens is 793 g/mol. The van der Waals surface area contributed by atoms with Gasteiger partial charge in [0.25, 0.3) is 0 Å². The third kappa shape index (κ3) is 15.2. The van der Waals surface area contributed by atoms with Crippen LogP contribution in [0.25, 0.3) is 23.3 Å². The largest absolute Gasteiger partial charge is 0.0995 e. The first-order chi connectivity index (χ1) is 30.3. The lowest BCUT2D eigenvalue weighted by Crippen LogP contribution is -1.97. The first-order valence-corrected chi connectivity index (χ1v) is 24.0. The van der Waals surface area contributed by atoms with Crippen molar-refractivity contribution in [2.24, 2.45) is 5.92 Å². The van der Waals surface area contributed by atoms with Crippen LogP contribution in [0.2, 0.25) is 0 Å². The summed E-state index contributed by atoms with van der Waals surface area (Å²) in [5.74, 6) is 0.495. The van der Waals surface area contributed by atoms with Gasteiger partial charge in [-0.15, -0.1) is 0 Å². The number of allylic oxidation sites excluding steroid dienone is 9. The van der Waals surface area contributed by atoms with E-state index in [1.165, 1.54) is 139 Å². The summed E-state index contributed by atoms with van der Waals surface area (Å²) >= 11 is 0. The Kier molecular flexibility index (Phi) is 22.8. The van der Waals surface area contributed by atoms with E-state index in [1.807, 2.05) is 6.92 Å². The molecule has 0 saturated carbocycles. The predicted molar refractivity (Wildman–Crippen MR) is 305 cm³/mol. The molecule has 0 aliphatic carbocycles. The molecule has 4 aromatic rings. The van der Waals surface area contributed by atoms with Gasteiger partial charge in [-0.1, -0.05) is 112 Å². The number of hydrogen-bond acceptors (Lipinski definition) is 0. The van der Waals surface area contributed by atoms with E-state index in [-0.39, 0.29) is 0 Å². The summed E-state index contributed by atoms with van der Waals surface area (Å²) in [4.78, 5) is 0. The van der Waals surface area contributed by atoms with Crippen molar-refractivity contribution in [3.05, 3.63) is 208 Å². The fourth-order valence-corrected chi connectivity index (χ4v) is 7.97. The Morgan fingerprint density at radius 2 is 0.788 bits per heavy atom. The fraction of sp³-hybridized carbons (Fsp3) is 0.394. The van der Waals surface area contributed by atoms with Crippen LogP contribution >= 0.6 is 0 Å². The van der Waals surface area contributed by atoms with Gasteiger partial charge in [-0.05, 0) is 298 Å². The third-order valence-corrected chi connectivity index (χ3v) is 15.1. The number of aryl methyl sites for hydroxylation is 4. The molecule has 0 nitrogen and oxygen atoms in total. The summed E-state index contributed by atoms with van der Waals surface area (Å²) in [7, 11) is 0. The summed E-state index contributed by atoms with van der Waals surface area (Å²) in [6.07, 6.45) is 7.83. The predicted octanol–water partition coefficient (Wildman–Crippen LogP) is 20.2. The summed E-state index contributed by atoms with van der Waals surface area (Å²) in [5, 5.41) is 0. The quantitative estimate of drug-likeness (QED) is 0.110. The highest BCUT2D eigenvalue weighted by molar-refractivity contribution is 5.69. The maximum Gasteiger partial charge on any atom is -0.00297 e. The fourth-order valence-electron chi connectivity index (χ4n) is 7.97. The van der Waals surface area contributed by atoms with Gasteiger partial charge in [0.1, 0.15) is 0 Å². The van der Waals surface area contributed by atoms with Gasteiger partial charge in [0.15, 0.2) is 0 Å². The SMILES string of the molecule is C=C(C(C)=C(C)/C=C/c1cc(C)c(C)c(C)c1C)/C(C)=C/c1cc(C)c(C)c(C)c1C.C=C(C)C(C)C(=C)CC.C=C(C)c1cc(C)c(C)c(C)c1C.C=C(C)c1cc(C)c(C)c(C)c1C. The van der Waals surface area contributed by atoms with Gasteiger partial charge in [0, 0.05) is 0 Å². The molecule has 66 heavy (non-hydrogen) atoms. The van der Waals surface area contributed by atoms with Crippen molar-refractivity contribution in [3.63, 3.8) is 0 Å². The molecule has 0 spiro atoms. The van der Waals surface area contributed by atoms with Crippen LogP contribution in [0, 0.1) is 117 Å². The third-order valence-electron chi connectivity index (χ3n) is 15.1. The van der Waals surface area contributed by atoms with Crippen LogP contribution in [0.15, 0.2) is 96.7 Å². The van der Waals surface area contributed by atoms with E-state index in [4.69, 9.17) is 0 Å². The maximum absolute atomic E-state index is 4.42. The molecule has 0 amide bonds. The Bertz CT molecular complexity index is 2520. The van der Waals surface area contributed by atoms with Gasteiger partial charge in [-0.25, -0.2) is 0 Å². The molecule has 1 unspecified atom stereocenters. The average Bonchev–Trinajstić information content (AvgIpc) is 3.27. The van der Waals surface area contributed by atoms with Crippen molar-refractivity contribution in [1.29, 1.82) is 0 Å². The number of rotatable bonds is 10. The van der Waals surface area contributed by atoms with Crippen molar-refractivity contribution < 1.29 is 0 Å². The monoisotopic (exact) mass is 885 g/mol. The molecule has 0 heterocycles. The summed E-state index contributed by atoms with van der Waals surface area (Å²) in [6, 6.07) is 9.06. The molecule has 0 bridgehead atoms. The summed E-state index contributed by atoms with van der Waals surface area (Å²) < 4.78 is 0.